The number of benzene rings is 2. The number of nitrogens with one attached hydrogen (secondary N) is 3. The van der Waals surface area contributed by atoms with Gasteiger partial charge in [-0.05, 0) is 43.0 Å². The number of hydrogen-bond acceptors (Lipinski definition) is 2. The van der Waals surface area contributed by atoms with Crippen LogP contribution in [0.4, 0.5) is 0 Å². The van der Waals surface area contributed by atoms with Crippen LogP contribution in [0.2, 0.25) is 0 Å². The molecule has 0 spiro atoms. The van der Waals surface area contributed by atoms with E-state index in [-0.39, 0.29) is 11.6 Å². The molecule has 5 nitrogen and oxygen atoms in total. The second kappa shape index (κ2) is 7.17. The van der Waals surface area contributed by atoms with Crippen LogP contribution in [-0.2, 0) is 17.6 Å². The van der Waals surface area contributed by atoms with Crippen LogP contribution in [0, 0.1) is 6.92 Å². The summed E-state index contributed by atoms with van der Waals surface area (Å²) in [5.74, 6) is 0.0618. The largest absolute Gasteiger partial charge is 0.356 e. The Morgan fingerprint density at radius 1 is 0.958 bits per heavy atom. The molecule has 0 aliphatic rings. The second-order valence-electron chi connectivity index (χ2n) is 6.04. The summed E-state index contributed by atoms with van der Waals surface area (Å²) in [4.78, 5) is 28.6. The Kier molecular flexibility index (Phi) is 4.79. The molecule has 0 fully saturated rings. The first-order chi connectivity index (χ1) is 11.6. The van der Waals surface area contributed by atoms with Crippen LogP contribution < -0.4 is 11.0 Å². The van der Waals surface area contributed by atoms with Gasteiger partial charge in [0.1, 0.15) is 0 Å². The van der Waals surface area contributed by atoms with Gasteiger partial charge in [0.2, 0.25) is 5.91 Å². The van der Waals surface area contributed by atoms with Gasteiger partial charge in [0.25, 0.3) is 0 Å². The molecule has 0 aliphatic heterocycles. The number of H-pyrrole nitrogens is 2. The zero-order chi connectivity index (χ0) is 16.9. The highest BCUT2D eigenvalue weighted by atomic mass is 16.1. The summed E-state index contributed by atoms with van der Waals surface area (Å²) >= 11 is 0. The quantitative estimate of drug-likeness (QED) is 0.651. The van der Waals surface area contributed by atoms with Crippen LogP contribution in [0.1, 0.15) is 23.1 Å². The van der Waals surface area contributed by atoms with E-state index in [4.69, 9.17) is 0 Å². The minimum absolute atomic E-state index is 0.0618. The fourth-order valence-corrected chi connectivity index (χ4v) is 2.68. The molecule has 1 amide bonds. The summed E-state index contributed by atoms with van der Waals surface area (Å²) < 4.78 is 0. The lowest BCUT2D eigenvalue weighted by atomic mass is 10.1. The standard InChI is InChI=1S/C19H21N3O2/c1-13-2-4-14(5-3-13)7-9-18(23)20-11-10-15-6-8-16-17(12-15)22-19(24)21-16/h2-6,8,12H,7,9-11H2,1H3,(H,20,23)(H2,21,22,24). The van der Waals surface area contributed by atoms with Crippen LogP contribution in [0.3, 0.4) is 0 Å². The van der Waals surface area contributed by atoms with Crippen molar-refractivity contribution in [3.63, 3.8) is 0 Å². The van der Waals surface area contributed by atoms with Gasteiger partial charge in [0.15, 0.2) is 0 Å². The molecule has 0 saturated heterocycles. The van der Waals surface area contributed by atoms with E-state index in [2.05, 4.69) is 46.5 Å². The molecule has 3 rings (SSSR count). The van der Waals surface area contributed by atoms with E-state index in [1.54, 1.807) is 0 Å². The van der Waals surface area contributed by atoms with Gasteiger partial charge in [-0.3, -0.25) is 4.79 Å². The van der Waals surface area contributed by atoms with Gasteiger partial charge >= 0.3 is 5.69 Å². The van der Waals surface area contributed by atoms with Crippen molar-refractivity contribution in [1.82, 2.24) is 15.3 Å². The van der Waals surface area contributed by atoms with E-state index in [0.29, 0.717) is 13.0 Å². The van der Waals surface area contributed by atoms with Gasteiger partial charge < -0.3 is 15.3 Å². The Morgan fingerprint density at radius 2 is 1.67 bits per heavy atom. The number of imidazole rings is 1. The number of rotatable bonds is 6. The van der Waals surface area contributed by atoms with Crippen molar-refractivity contribution in [2.45, 2.75) is 26.2 Å². The smallest absolute Gasteiger partial charge is 0.323 e. The van der Waals surface area contributed by atoms with Gasteiger partial charge in [-0.25, -0.2) is 4.79 Å². The monoisotopic (exact) mass is 323 g/mol. The topological polar surface area (TPSA) is 77.8 Å². The number of fused-ring (bicyclic) bond motifs is 1. The second-order valence-corrected chi connectivity index (χ2v) is 6.04. The molecule has 1 aromatic heterocycles. The van der Waals surface area contributed by atoms with Gasteiger partial charge in [-0.15, -0.1) is 0 Å². The Bertz CT molecular complexity index is 891. The average Bonchev–Trinajstić information content (AvgIpc) is 2.93. The summed E-state index contributed by atoms with van der Waals surface area (Å²) in [5.41, 5.74) is 4.87. The summed E-state index contributed by atoms with van der Waals surface area (Å²) in [6, 6.07) is 14.0. The molecule has 5 heteroatoms. The molecule has 0 radical (unpaired) electrons. The highest BCUT2D eigenvalue weighted by Gasteiger charge is 2.04. The van der Waals surface area contributed by atoms with Gasteiger partial charge in [0.05, 0.1) is 11.0 Å². The number of carbonyl (C=O) groups excluding carboxylic acids is 1. The van der Waals surface area contributed by atoms with Crippen molar-refractivity contribution in [3.05, 3.63) is 69.6 Å². The summed E-state index contributed by atoms with van der Waals surface area (Å²) in [5, 5.41) is 2.95. The van der Waals surface area contributed by atoms with Crippen molar-refractivity contribution >= 4 is 16.9 Å². The van der Waals surface area contributed by atoms with Crippen LogP contribution in [-0.4, -0.2) is 22.4 Å². The fraction of sp³-hybridized carbons (Fsp3) is 0.263. The Morgan fingerprint density at radius 3 is 2.46 bits per heavy atom. The molecule has 3 N–H and O–H groups in total. The zero-order valence-electron chi connectivity index (χ0n) is 13.7. The molecule has 1 heterocycles. The number of aromatic nitrogens is 2. The number of aromatic amines is 2. The molecule has 24 heavy (non-hydrogen) atoms. The molecule has 0 unspecified atom stereocenters. The Balaban J connectivity index is 1.45. The van der Waals surface area contributed by atoms with Crippen molar-refractivity contribution in [1.29, 1.82) is 0 Å². The maximum Gasteiger partial charge on any atom is 0.323 e. The highest BCUT2D eigenvalue weighted by Crippen LogP contribution is 2.10. The van der Waals surface area contributed by atoms with E-state index >= 15 is 0 Å². The Labute approximate surface area is 140 Å². The third-order valence-corrected chi connectivity index (χ3v) is 4.08. The van der Waals surface area contributed by atoms with E-state index in [9.17, 15) is 9.59 Å². The molecule has 0 aliphatic carbocycles. The van der Waals surface area contributed by atoms with Crippen molar-refractivity contribution in [2.24, 2.45) is 0 Å². The maximum atomic E-state index is 11.9. The van der Waals surface area contributed by atoms with Crippen LogP contribution in [0.5, 0.6) is 0 Å². The number of hydrogen-bond donors (Lipinski definition) is 3. The van der Waals surface area contributed by atoms with Gasteiger partial charge in [-0.1, -0.05) is 35.9 Å². The number of carbonyl (C=O) groups is 1. The molecule has 0 atom stereocenters. The SMILES string of the molecule is Cc1ccc(CCC(=O)NCCc2ccc3[nH]c(=O)[nH]c3c2)cc1. The number of amides is 1. The highest BCUT2D eigenvalue weighted by molar-refractivity contribution is 5.76. The molecule has 2 aromatic carbocycles. The molecular weight excluding hydrogens is 302 g/mol. The molecule has 3 aromatic rings. The lowest BCUT2D eigenvalue weighted by molar-refractivity contribution is -0.121. The van der Waals surface area contributed by atoms with E-state index in [0.717, 1.165) is 29.4 Å². The first kappa shape index (κ1) is 16.1. The lowest BCUT2D eigenvalue weighted by Crippen LogP contribution is -2.25. The van der Waals surface area contributed by atoms with Gasteiger partial charge in [0, 0.05) is 13.0 Å². The van der Waals surface area contributed by atoms with Crippen molar-refractivity contribution in [3.8, 4) is 0 Å². The van der Waals surface area contributed by atoms with Crippen LogP contribution >= 0.6 is 0 Å². The van der Waals surface area contributed by atoms with E-state index in [1.807, 2.05) is 18.2 Å². The predicted octanol–water partition coefficient (Wildman–Crippen LogP) is 2.46. The lowest BCUT2D eigenvalue weighted by Gasteiger charge is -2.06. The van der Waals surface area contributed by atoms with Crippen molar-refractivity contribution < 1.29 is 4.79 Å². The predicted molar refractivity (Wildman–Crippen MR) is 95.1 cm³/mol. The molecule has 124 valence electrons. The first-order valence-electron chi connectivity index (χ1n) is 8.13. The maximum absolute atomic E-state index is 11.9. The zero-order valence-corrected chi connectivity index (χ0v) is 13.7. The third-order valence-electron chi connectivity index (χ3n) is 4.08. The Hall–Kier alpha value is -2.82. The van der Waals surface area contributed by atoms with E-state index in [1.165, 1.54) is 11.1 Å². The third kappa shape index (κ3) is 4.13. The summed E-state index contributed by atoms with van der Waals surface area (Å²) in [6.07, 6.45) is 1.98. The summed E-state index contributed by atoms with van der Waals surface area (Å²) in [6.45, 7) is 2.64. The molecule has 0 bridgehead atoms. The average molecular weight is 323 g/mol. The molecular formula is C19H21N3O2. The van der Waals surface area contributed by atoms with Crippen molar-refractivity contribution in [2.75, 3.05) is 6.54 Å². The summed E-state index contributed by atoms with van der Waals surface area (Å²) in [7, 11) is 0. The number of aryl methyl sites for hydroxylation is 2. The van der Waals surface area contributed by atoms with Gasteiger partial charge in [-0.2, -0.15) is 0 Å². The first-order valence-corrected chi connectivity index (χ1v) is 8.13. The fourth-order valence-electron chi connectivity index (χ4n) is 2.68. The van der Waals surface area contributed by atoms with Crippen LogP contribution in [0.25, 0.3) is 11.0 Å². The van der Waals surface area contributed by atoms with Crippen LogP contribution in [0.15, 0.2) is 47.3 Å². The minimum atomic E-state index is -0.202. The van der Waals surface area contributed by atoms with E-state index < -0.39 is 0 Å². The minimum Gasteiger partial charge on any atom is -0.356 e. The molecule has 0 saturated carbocycles. The normalized spacial score (nSPS) is 10.9.